The number of fused-ring (bicyclic) bond motifs is 4. The Balaban J connectivity index is 1.07. The number of methoxy groups -OCH3 is 2. The van der Waals surface area contributed by atoms with Crippen molar-refractivity contribution in [2.75, 3.05) is 14.2 Å². The van der Waals surface area contributed by atoms with Gasteiger partial charge in [0.2, 0.25) is 0 Å². The molecule has 0 saturated heterocycles. The Morgan fingerprint density at radius 1 is 0.367 bits per heavy atom. The van der Waals surface area contributed by atoms with E-state index in [1.54, 1.807) is 14.2 Å². The molecule has 0 heterocycles. The van der Waals surface area contributed by atoms with Crippen LogP contribution in [0.25, 0.3) is 43.1 Å². The number of ether oxygens (including phenoxy) is 2. The zero-order valence-electron chi connectivity index (χ0n) is 34.4. The summed E-state index contributed by atoms with van der Waals surface area (Å²) in [6.45, 7) is 4.67. The highest BCUT2D eigenvalue weighted by Crippen LogP contribution is 2.55. The number of rotatable bonds is 6. The highest BCUT2D eigenvalue weighted by molar-refractivity contribution is 6.10. The summed E-state index contributed by atoms with van der Waals surface area (Å²) >= 11 is 0. The fraction of sp³-hybridized carbons (Fsp3) is 0.138. The maximum Gasteiger partial charge on any atom is 0.134 e. The molecule has 11 rings (SSSR count). The molecule has 0 saturated carbocycles. The highest BCUT2D eigenvalue weighted by Gasteiger charge is 2.37. The van der Waals surface area contributed by atoms with Gasteiger partial charge < -0.3 is 9.47 Å². The molecule has 4 atom stereocenters. The lowest BCUT2D eigenvalue weighted by molar-refractivity contribution is 0.424. The lowest BCUT2D eigenvalue weighted by Gasteiger charge is -2.26. The van der Waals surface area contributed by atoms with E-state index in [0.717, 1.165) is 33.0 Å². The van der Waals surface area contributed by atoms with Crippen LogP contribution in [0.1, 0.15) is 59.8 Å². The molecule has 0 N–H and O–H groups in total. The van der Waals surface area contributed by atoms with Crippen LogP contribution >= 0.6 is 0 Å². The van der Waals surface area contributed by atoms with Crippen LogP contribution in [0.3, 0.4) is 0 Å². The highest BCUT2D eigenvalue weighted by atomic mass is 16.5. The van der Waals surface area contributed by atoms with Crippen LogP contribution in [0.2, 0.25) is 0 Å². The average Bonchev–Trinajstić information content (AvgIpc) is 3.60. The third kappa shape index (κ3) is 5.40. The zero-order chi connectivity index (χ0) is 40.5. The maximum atomic E-state index is 6.10. The molecule has 4 unspecified atom stereocenters. The van der Waals surface area contributed by atoms with E-state index in [4.69, 9.17) is 9.47 Å². The van der Waals surface area contributed by atoms with Gasteiger partial charge in [-0.2, -0.15) is 0 Å². The van der Waals surface area contributed by atoms with Crippen molar-refractivity contribution >= 4 is 43.1 Å². The third-order valence-electron chi connectivity index (χ3n) is 13.5. The van der Waals surface area contributed by atoms with E-state index in [1.807, 2.05) is 0 Å². The second-order valence-corrected chi connectivity index (χ2v) is 16.6. The minimum Gasteiger partial charge on any atom is -0.495 e. The van der Waals surface area contributed by atoms with Gasteiger partial charge in [-0.1, -0.05) is 193 Å². The molecular weight excluding hydrogens is 729 g/mol. The predicted molar refractivity (Wildman–Crippen MR) is 252 cm³/mol. The third-order valence-corrected chi connectivity index (χ3v) is 13.5. The Hall–Kier alpha value is -6.90. The Morgan fingerprint density at radius 3 is 1.02 bits per heavy atom. The molecule has 0 amide bonds. The fourth-order valence-electron chi connectivity index (χ4n) is 11.2. The topological polar surface area (TPSA) is 18.5 Å². The monoisotopic (exact) mass is 774 g/mol. The van der Waals surface area contributed by atoms with E-state index in [9.17, 15) is 0 Å². The molecule has 0 fully saturated rings. The second kappa shape index (κ2) is 14.4. The van der Waals surface area contributed by atoms with E-state index in [1.165, 1.54) is 77.2 Å². The predicted octanol–water partition coefficient (Wildman–Crippen LogP) is 14.8. The summed E-state index contributed by atoms with van der Waals surface area (Å²) in [6.07, 6.45) is 23.5. The van der Waals surface area contributed by atoms with Crippen molar-refractivity contribution in [3.05, 3.63) is 238 Å². The number of hydrogen-bond donors (Lipinski definition) is 0. The summed E-state index contributed by atoms with van der Waals surface area (Å²) in [5.41, 5.74) is 13.7. The van der Waals surface area contributed by atoms with Crippen LogP contribution < -0.4 is 9.47 Å². The van der Waals surface area contributed by atoms with Crippen molar-refractivity contribution in [2.45, 2.75) is 37.5 Å². The van der Waals surface area contributed by atoms with Crippen LogP contribution in [0.5, 0.6) is 11.5 Å². The SMILES string of the molecule is COc1c2ccccc2c(C2C=CC=CC3=C2C=C(C)C3c2ccccc2C2C(C)=CC3=C2C=CC=CC3c2c3ccccc3c(OC)c3ccccc23)c2ccccc12. The Morgan fingerprint density at radius 2 is 0.683 bits per heavy atom. The van der Waals surface area contributed by atoms with Gasteiger partial charge >= 0.3 is 0 Å². The fourth-order valence-corrected chi connectivity index (χ4v) is 11.2. The average molecular weight is 775 g/mol. The van der Waals surface area contributed by atoms with Crippen molar-refractivity contribution in [3.8, 4) is 11.5 Å². The number of allylic oxidation sites excluding steroid dienone is 16. The first-order chi connectivity index (χ1) is 29.6. The van der Waals surface area contributed by atoms with Gasteiger partial charge in [-0.3, -0.25) is 0 Å². The zero-order valence-corrected chi connectivity index (χ0v) is 34.4. The number of hydrogen-bond acceptors (Lipinski definition) is 2. The second-order valence-electron chi connectivity index (χ2n) is 16.6. The minimum atomic E-state index is 0.0657. The van der Waals surface area contributed by atoms with E-state index in [0.29, 0.717) is 0 Å². The molecule has 2 heteroatoms. The standard InChI is InChI=1S/C58H46O2/c1-35-33-51-43(25-7-9-27-45(51)55-39-21-11-15-29-47(39)57(59-3)48-30-16-12-22-40(48)55)53(35)37-19-5-6-20-38(37)54-36(2)34-52-44(54)26-8-10-28-46(52)56-41-23-13-17-31-49(41)58(60-4)50-32-18-14-24-42(50)56/h5-34,45-46,53-54H,1-4H3. The van der Waals surface area contributed by atoms with Gasteiger partial charge in [-0.15, -0.1) is 0 Å². The minimum absolute atomic E-state index is 0.0657. The van der Waals surface area contributed by atoms with Crippen LogP contribution in [-0.4, -0.2) is 14.2 Å². The lowest BCUT2D eigenvalue weighted by atomic mass is 9.77. The van der Waals surface area contributed by atoms with Gasteiger partial charge in [0.25, 0.3) is 0 Å². The number of benzene rings is 7. The largest absolute Gasteiger partial charge is 0.495 e. The first-order valence-electron chi connectivity index (χ1n) is 21.1. The first-order valence-corrected chi connectivity index (χ1v) is 21.1. The quantitative estimate of drug-likeness (QED) is 0.157. The summed E-state index contributed by atoms with van der Waals surface area (Å²) in [5, 5.41) is 9.53. The Labute approximate surface area is 352 Å². The molecule has 7 aromatic rings. The van der Waals surface area contributed by atoms with Crippen molar-refractivity contribution < 1.29 is 9.47 Å². The maximum absolute atomic E-state index is 6.10. The molecule has 4 aliphatic carbocycles. The molecule has 7 aromatic carbocycles. The molecule has 4 aliphatic rings. The normalized spacial score (nSPS) is 20.8. The molecule has 0 radical (unpaired) electrons. The van der Waals surface area contributed by atoms with Crippen LogP contribution in [0, 0.1) is 0 Å². The molecular formula is C58H46O2. The van der Waals surface area contributed by atoms with Gasteiger partial charge in [0, 0.05) is 45.2 Å². The summed E-state index contributed by atoms with van der Waals surface area (Å²) in [4.78, 5) is 0. The summed E-state index contributed by atoms with van der Waals surface area (Å²) in [6, 6.07) is 44.2. The van der Waals surface area contributed by atoms with Gasteiger partial charge in [0.1, 0.15) is 11.5 Å². The van der Waals surface area contributed by atoms with E-state index >= 15 is 0 Å². The van der Waals surface area contributed by atoms with Crippen LogP contribution in [0.15, 0.2) is 216 Å². The summed E-state index contributed by atoms with van der Waals surface area (Å²) < 4.78 is 12.2. The summed E-state index contributed by atoms with van der Waals surface area (Å²) in [7, 11) is 3.58. The molecule has 2 nitrogen and oxygen atoms in total. The summed E-state index contributed by atoms with van der Waals surface area (Å²) in [5.74, 6) is 2.26. The first kappa shape index (κ1) is 36.2. The van der Waals surface area contributed by atoms with Crippen molar-refractivity contribution in [3.63, 3.8) is 0 Å². The van der Waals surface area contributed by atoms with Crippen molar-refractivity contribution in [1.82, 2.24) is 0 Å². The van der Waals surface area contributed by atoms with Crippen molar-refractivity contribution in [2.24, 2.45) is 0 Å². The van der Waals surface area contributed by atoms with Gasteiger partial charge in [0.15, 0.2) is 0 Å². The Kier molecular flexibility index (Phi) is 8.71. The Bertz CT molecular complexity index is 2880. The van der Waals surface area contributed by atoms with E-state index < -0.39 is 0 Å². The lowest BCUT2D eigenvalue weighted by Crippen LogP contribution is -2.10. The molecule has 60 heavy (non-hydrogen) atoms. The molecule has 0 aromatic heterocycles. The molecule has 0 bridgehead atoms. The molecule has 0 aliphatic heterocycles. The van der Waals surface area contributed by atoms with Crippen LogP contribution in [-0.2, 0) is 0 Å². The molecule has 0 spiro atoms. The van der Waals surface area contributed by atoms with Gasteiger partial charge in [-0.25, -0.2) is 0 Å². The van der Waals surface area contributed by atoms with E-state index in [2.05, 4.69) is 196 Å². The van der Waals surface area contributed by atoms with Gasteiger partial charge in [0.05, 0.1) is 14.2 Å². The smallest absolute Gasteiger partial charge is 0.134 e. The van der Waals surface area contributed by atoms with Crippen molar-refractivity contribution in [1.29, 1.82) is 0 Å². The molecule has 290 valence electrons. The van der Waals surface area contributed by atoms with E-state index in [-0.39, 0.29) is 23.7 Å². The van der Waals surface area contributed by atoms with Crippen LogP contribution in [0.4, 0.5) is 0 Å². The van der Waals surface area contributed by atoms with Gasteiger partial charge in [-0.05, 0) is 79.9 Å².